The Morgan fingerprint density at radius 2 is 1.26 bits per heavy atom. The van der Waals surface area contributed by atoms with Crippen molar-refractivity contribution in [2.45, 2.75) is 102 Å². The normalized spacial score (nSPS) is 13.5. The van der Waals surface area contributed by atoms with Gasteiger partial charge in [-0.1, -0.05) is 58.3 Å². The molecule has 0 aliphatic heterocycles. The number of unbranched alkanes of at least 4 members (excludes halogenated alkanes) is 8. The van der Waals surface area contributed by atoms with Gasteiger partial charge in [-0.05, 0) is 12.8 Å². The summed E-state index contributed by atoms with van der Waals surface area (Å²) in [4.78, 5) is 59.9. The van der Waals surface area contributed by atoms with Crippen molar-refractivity contribution in [2.75, 3.05) is 11.5 Å². The highest BCUT2D eigenvalue weighted by molar-refractivity contribution is 7.99. The maximum Gasteiger partial charge on any atom is 0.327 e. The Kier molecular flexibility index (Phi) is 17.7. The number of aliphatic carboxylic acids is 3. The average molecular weight is 520 g/mol. The van der Waals surface area contributed by atoms with Crippen LogP contribution in [-0.2, 0) is 24.0 Å². The van der Waals surface area contributed by atoms with Crippen LogP contribution in [0.5, 0.6) is 0 Å². The van der Waals surface area contributed by atoms with Crippen molar-refractivity contribution in [1.82, 2.24) is 4.90 Å². The largest absolute Gasteiger partial charge is 0.480 e. The predicted molar refractivity (Wildman–Crippen MR) is 133 cm³/mol. The van der Waals surface area contributed by atoms with Crippen LogP contribution in [0.2, 0.25) is 0 Å². The minimum absolute atomic E-state index is 0.0285. The van der Waals surface area contributed by atoms with E-state index in [-0.39, 0.29) is 30.8 Å². The number of nitrogens with zero attached hydrogens (tertiary/aromatic N) is 1. The molecule has 0 saturated carbocycles. The molecule has 2 amide bonds. The Morgan fingerprint density at radius 3 is 1.71 bits per heavy atom. The minimum atomic E-state index is -1.55. The molecule has 0 fully saturated rings. The first kappa shape index (κ1) is 32.7. The van der Waals surface area contributed by atoms with E-state index in [1.54, 1.807) is 0 Å². The molecule has 0 unspecified atom stereocenters. The van der Waals surface area contributed by atoms with E-state index >= 15 is 0 Å². The molecule has 0 aromatic heterocycles. The van der Waals surface area contributed by atoms with Crippen LogP contribution in [0.4, 0.5) is 0 Å². The lowest BCUT2D eigenvalue weighted by Crippen LogP contribution is -2.55. The molecule has 35 heavy (non-hydrogen) atoms. The maximum absolute atomic E-state index is 13.0. The van der Waals surface area contributed by atoms with Gasteiger partial charge >= 0.3 is 17.9 Å². The molecule has 12 heteroatoms. The number of carboxylic acid groups (broad SMARTS) is 3. The summed E-state index contributed by atoms with van der Waals surface area (Å²) < 4.78 is 0. The number of hydrogen-bond donors (Lipinski definition) is 5. The van der Waals surface area contributed by atoms with Gasteiger partial charge in [-0.25, -0.2) is 9.59 Å². The van der Waals surface area contributed by atoms with E-state index in [0.717, 1.165) is 42.3 Å². The molecule has 3 atom stereocenters. The number of nitrogens with two attached hydrogens (primary N) is 2. The first-order valence-corrected chi connectivity index (χ1v) is 13.3. The molecule has 0 heterocycles. The van der Waals surface area contributed by atoms with Gasteiger partial charge in [-0.15, -0.1) is 0 Å². The van der Waals surface area contributed by atoms with E-state index in [4.69, 9.17) is 16.6 Å². The number of carbonyl (C=O) groups excluding carboxylic acids is 2. The third kappa shape index (κ3) is 14.6. The lowest BCUT2D eigenvalue weighted by atomic mass is 10.0. The number of carboxylic acids is 3. The van der Waals surface area contributed by atoms with Crippen molar-refractivity contribution >= 4 is 41.5 Å². The van der Waals surface area contributed by atoms with Gasteiger partial charge in [0.15, 0.2) is 0 Å². The number of amides is 2. The third-order valence-electron chi connectivity index (χ3n) is 5.58. The highest BCUT2D eigenvalue weighted by atomic mass is 32.2. The molecule has 11 nitrogen and oxygen atoms in total. The molecular formula is C23H41N3O8S. The number of rotatable bonds is 22. The molecule has 0 radical (unpaired) electrons. The van der Waals surface area contributed by atoms with Crippen LogP contribution in [0.15, 0.2) is 0 Å². The van der Waals surface area contributed by atoms with Crippen molar-refractivity contribution < 1.29 is 39.3 Å². The monoisotopic (exact) mass is 519 g/mol. The lowest BCUT2D eigenvalue weighted by molar-refractivity contribution is -0.159. The Balaban J connectivity index is 5.25. The predicted octanol–water partition coefficient (Wildman–Crippen LogP) is 2.05. The topological polar surface area (TPSA) is 201 Å². The number of hydrogen-bond acceptors (Lipinski definition) is 7. The van der Waals surface area contributed by atoms with Gasteiger partial charge in [0.2, 0.25) is 11.8 Å². The molecule has 202 valence electrons. The van der Waals surface area contributed by atoms with Crippen LogP contribution in [0.3, 0.4) is 0 Å². The van der Waals surface area contributed by atoms with Crippen LogP contribution < -0.4 is 11.5 Å². The molecule has 7 N–H and O–H groups in total. The Hall–Kier alpha value is -2.34. The number of carbonyl (C=O) groups is 5. The van der Waals surface area contributed by atoms with Gasteiger partial charge in [0.1, 0.15) is 18.1 Å². The molecule has 0 aromatic carbocycles. The molecule has 0 aromatic rings. The number of primary amides is 1. The van der Waals surface area contributed by atoms with Gasteiger partial charge in [-0.2, -0.15) is 11.8 Å². The van der Waals surface area contributed by atoms with Gasteiger partial charge in [0.05, 0.1) is 0 Å². The second-order valence-electron chi connectivity index (χ2n) is 8.57. The van der Waals surface area contributed by atoms with Crippen LogP contribution in [0, 0.1) is 0 Å². The summed E-state index contributed by atoms with van der Waals surface area (Å²) in [6.45, 7) is 2.15. The van der Waals surface area contributed by atoms with Crippen LogP contribution in [0.1, 0.15) is 84.0 Å². The van der Waals surface area contributed by atoms with Gasteiger partial charge < -0.3 is 31.7 Å². The summed E-state index contributed by atoms with van der Waals surface area (Å²) in [7, 11) is 0. The summed E-state index contributed by atoms with van der Waals surface area (Å²) in [6, 6.07) is -4.31. The van der Waals surface area contributed by atoms with Crippen molar-refractivity contribution in [3.05, 3.63) is 0 Å². The highest BCUT2D eigenvalue weighted by Gasteiger charge is 2.38. The van der Waals surface area contributed by atoms with Crippen LogP contribution in [-0.4, -0.2) is 79.6 Å². The van der Waals surface area contributed by atoms with Gasteiger partial charge in [-0.3, -0.25) is 14.4 Å². The lowest BCUT2D eigenvalue weighted by Gasteiger charge is -2.34. The highest BCUT2D eigenvalue weighted by Crippen LogP contribution is 2.20. The smallest absolute Gasteiger partial charge is 0.327 e. The molecule has 0 bridgehead atoms. The SMILES string of the molecule is CCCCCCCCCCCC(=O)N([C@H](CCC(N)=O)C(=O)O)[C@H](CSC[C@H](N)C(=O)O)C(=O)O. The van der Waals surface area contributed by atoms with Crippen molar-refractivity contribution in [2.24, 2.45) is 11.5 Å². The fourth-order valence-corrected chi connectivity index (χ4v) is 4.65. The Labute approximate surface area is 211 Å². The van der Waals surface area contributed by atoms with E-state index < -0.39 is 47.8 Å². The van der Waals surface area contributed by atoms with Gasteiger partial charge in [0, 0.05) is 24.3 Å². The summed E-state index contributed by atoms with van der Waals surface area (Å²) in [5.41, 5.74) is 10.6. The standard InChI is InChI=1S/C23H41N3O8S/c1-2-3-4-5-6-7-8-9-10-11-20(28)26(17(22(31)32)12-13-19(25)27)18(23(33)34)15-35-14-16(24)21(29)30/h16-18H,2-15,24H2,1H3,(H2,25,27)(H,29,30)(H,31,32)(H,33,34)/t16-,17+,18+/m0/s1. The second-order valence-corrected chi connectivity index (χ2v) is 9.65. The van der Waals surface area contributed by atoms with E-state index in [9.17, 15) is 34.2 Å². The van der Waals surface area contributed by atoms with Crippen LogP contribution >= 0.6 is 11.8 Å². The Morgan fingerprint density at radius 1 is 0.743 bits per heavy atom. The zero-order valence-corrected chi connectivity index (χ0v) is 21.3. The second kappa shape index (κ2) is 18.9. The molecule has 0 spiro atoms. The van der Waals surface area contributed by atoms with E-state index in [0.29, 0.717) is 6.42 Å². The van der Waals surface area contributed by atoms with Crippen molar-refractivity contribution in [3.63, 3.8) is 0 Å². The van der Waals surface area contributed by atoms with Crippen molar-refractivity contribution in [1.29, 1.82) is 0 Å². The zero-order valence-electron chi connectivity index (χ0n) is 20.5. The summed E-state index contributed by atoms with van der Waals surface area (Å²) in [5.74, 6) is -5.89. The quantitative estimate of drug-likeness (QED) is 0.132. The van der Waals surface area contributed by atoms with E-state index in [1.807, 2.05) is 0 Å². The first-order chi connectivity index (χ1) is 16.5. The average Bonchev–Trinajstić information content (AvgIpc) is 2.78. The fraction of sp³-hybridized carbons (Fsp3) is 0.783. The number of thioether (sulfide) groups is 1. The summed E-state index contributed by atoms with van der Waals surface area (Å²) >= 11 is 0.903. The minimum Gasteiger partial charge on any atom is -0.480 e. The van der Waals surface area contributed by atoms with Crippen molar-refractivity contribution in [3.8, 4) is 0 Å². The molecule has 0 rings (SSSR count). The molecule has 0 aliphatic rings. The maximum atomic E-state index is 13.0. The first-order valence-electron chi connectivity index (χ1n) is 12.1. The molecule has 0 aliphatic carbocycles. The summed E-state index contributed by atoms with van der Waals surface area (Å²) in [6.07, 6.45) is 8.41. The van der Waals surface area contributed by atoms with Gasteiger partial charge in [0.25, 0.3) is 0 Å². The van der Waals surface area contributed by atoms with Crippen LogP contribution in [0.25, 0.3) is 0 Å². The third-order valence-corrected chi connectivity index (χ3v) is 6.72. The molecular weight excluding hydrogens is 478 g/mol. The summed E-state index contributed by atoms with van der Waals surface area (Å²) in [5, 5.41) is 28.4. The fourth-order valence-electron chi connectivity index (χ4n) is 3.59. The van der Waals surface area contributed by atoms with E-state index in [1.165, 1.54) is 25.7 Å². The van der Waals surface area contributed by atoms with E-state index in [2.05, 4.69) is 6.92 Å². The molecule has 0 saturated heterocycles. The Bertz CT molecular complexity index is 692. The zero-order chi connectivity index (χ0) is 26.8.